The Hall–Kier alpha value is -0.120. The second-order valence-corrected chi connectivity index (χ2v) is 3.51. The number of hydrogen-bond acceptors (Lipinski definition) is 1. The van der Waals surface area contributed by atoms with E-state index in [0.717, 1.165) is 6.07 Å². The Labute approximate surface area is 86.6 Å². The number of hydrogen-bond donors (Lipinski definition) is 0. The number of carbonyl (C=O) groups is 1. The summed E-state index contributed by atoms with van der Waals surface area (Å²) < 4.78 is 12.8. The maximum Gasteiger partial charge on any atom is 0.253 e. The van der Waals surface area contributed by atoms with E-state index in [1.54, 1.807) is 0 Å². The summed E-state index contributed by atoms with van der Waals surface area (Å²) in [7, 11) is 0. The minimum Gasteiger partial charge on any atom is -0.276 e. The molecule has 0 saturated heterocycles. The van der Waals surface area contributed by atoms with Crippen molar-refractivity contribution in [1.82, 2.24) is 0 Å². The molecule has 0 bridgehead atoms. The summed E-state index contributed by atoms with van der Waals surface area (Å²) >= 11 is 13.6. The highest BCUT2D eigenvalue weighted by molar-refractivity contribution is 9.10. The largest absolute Gasteiger partial charge is 0.276 e. The van der Waals surface area contributed by atoms with Crippen LogP contribution in [0.1, 0.15) is 10.4 Å². The second kappa shape index (κ2) is 3.73. The molecule has 0 N–H and O–H groups in total. The molecule has 5 heteroatoms. The van der Waals surface area contributed by atoms with Crippen LogP contribution in [-0.4, -0.2) is 5.24 Å². The summed E-state index contributed by atoms with van der Waals surface area (Å²) in [5.41, 5.74) is 0.0895. The third-order valence-electron chi connectivity index (χ3n) is 1.25. The van der Waals surface area contributed by atoms with Gasteiger partial charge in [0.2, 0.25) is 0 Å². The van der Waals surface area contributed by atoms with Gasteiger partial charge in [-0.05, 0) is 39.7 Å². The van der Waals surface area contributed by atoms with Gasteiger partial charge in [0.25, 0.3) is 5.24 Å². The summed E-state index contributed by atoms with van der Waals surface area (Å²) in [6, 6.07) is 2.35. The molecule has 0 fully saturated rings. The van der Waals surface area contributed by atoms with E-state index >= 15 is 0 Å². The summed E-state index contributed by atoms with van der Waals surface area (Å²) in [5.74, 6) is -0.526. The normalized spacial score (nSPS) is 10.0. The van der Waals surface area contributed by atoms with Crippen LogP contribution in [0.3, 0.4) is 0 Å². The molecule has 1 rings (SSSR count). The van der Waals surface area contributed by atoms with Crippen LogP contribution in [0.25, 0.3) is 0 Å². The van der Waals surface area contributed by atoms with Gasteiger partial charge in [0.05, 0.1) is 15.1 Å². The van der Waals surface area contributed by atoms with E-state index in [1.165, 1.54) is 6.07 Å². The maximum atomic E-state index is 12.7. The Morgan fingerprint density at radius 1 is 1.50 bits per heavy atom. The van der Waals surface area contributed by atoms with E-state index in [9.17, 15) is 9.18 Å². The van der Waals surface area contributed by atoms with Crippen LogP contribution in [0, 0.1) is 5.82 Å². The van der Waals surface area contributed by atoms with Crippen molar-refractivity contribution in [1.29, 1.82) is 0 Å². The molecule has 0 atom stereocenters. The third-order valence-corrected chi connectivity index (χ3v) is 2.85. The van der Waals surface area contributed by atoms with Gasteiger partial charge < -0.3 is 0 Å². The lowest BCUT2D eigenvalue weighted by Crippen LogP contribution is -1.92. The smallest absolute Gasteiger partial charge is 0.253 e. The first-order valence-corrected chi connectivity index (χ1v) is 4.42. The Kier molecular flexibility index (Phi) is 3.09. The van der Waals surface area contributed by atoms with Gasteiger partial charge in [0.15, 0.2) is 0 Å². The van der Waals surface area contributed by atoms with Gasteiger partial charge in [0, 0.05) is 0 Å². The number of carbonyl (C=O) groups excluding carboxylic acids is 1. The van der Waals surface area contributed by atoms with Crippen molar-refractivity contribution in [3.05, 3.63) is 33.0 Å². The van der Waals surface area contributed by atoms with Gasteiger partial charge in [-0.1, -0.05) is 11.6 Å². The average Bonchev–Trinajstić information content (AvgIpc) is 2.00. The number of benzene rings is 1. The summed E-state index contributed by atoms with van der Waals surface area (Å²) in [4.78, 5) is 10.7. The molecule has 0 heterocycles. The molecule has 0 aromatic heterocycles. The van der Waals surface area contributed by atoms with Crippen LogP contribution >= 0.6 is 39.1 Å². The van der Waals surface area contributed by atoms with Crippen molar-refractivity contribution in [3.63, 3.8) is 0 Å². The van der Waals surface area contributed by atoms with Gasteiger partial charge >= 0.3 is 0 Å². The zero-order valence-electron chi connectivity index (χ0n) is 5.57. The Bertz CT molecular complexity index is 340. The highest BCUT2D eigenvalue weighted by atomic mass is 79.9. The van der Waals surface area contributed by atoms with Crippen molar-refractivity contribution >= 4 is 44.4 Å². The van der Waals surface area contributed by atoms with E-state index in [-0.39, 0.29) is 15.1 Å². The van der Waals surface area contributed by atoms with Crippen molar-refractivity contribution in [2.45, 2.75) is 0 Å². The molecule has 12 heavy (non-hydrogen) atoms. The van der Waals surface area contributed by atoms with E-state index in [1.807, 2.05) is 0 Å². The molecule has 1 aromatic carbocycles. The van der Waals surface area contributed by atoms with Crippen LogP contribution < -0.4 is 0 Å². The van der Waals surface area contributed by atoms with Crippen molar-refractivity contribution in [2.24, 2.45) is 0 Å². The van der Waals surface area contributed by atoms with Gasteiger partial charge in [-0.2, -0.15) is 0 Å². The predicted octanol–water partition coefficient (Wildman–Crippen LogP) is 3.62. The fourth-order valence-corrected chi connectivity index (χ4v) is 1.47. The van der Waals surface area contributed by atoms with E-state index in [0.29, 0.717) is 0 Å². The van der Waals surface area contributed by atoms with Gasteiger partial charge in [-0.25, -0.2) is 4.39 Å². The fourth-order valence-electron chi connectivity index (χ4n) is 0.678. The summed E-state index contributed by atoms with van der Waals surface area (Å²) in [6.45, 7) is 0. The van der Waals surface area contributed by atoms with Crippen LogP contribution in [0.4, 0.5) is 4.39 Å². The molecule has 0 spiro atoms. The number of halogens is 4. The van der Waals surface area contributed by atoms with E-state index in [4.69, 9.17) is 23.2 Å². The van der Waals surface area contributed by atoms with Crippen LogP contribution in [-0.2, 0) is 0 Å². The topological polar surface area (TPSA) is 17.1 Å². The summed E-state index contributed by atoms with van der Waals surface area (Å²) in [6.07, 6.45) is 0. The first-order chi connectivity index (χ1) is 5.54. The monoisotopic (exact) mass is 270 g/mol. The Morgan fingerprint density at radius 3 is 2.58 bits per heavy atom. The lowest BCUT2D eigenvalue weighted by Gasteiger charge is -2.01. The molecule has 0 aliphatic carbocycles. The molecular weight excluding hydrogens is 270 g/mol. The van der Waals surface area contributed by atoms with Crippen LogP contribution in [0.5, 0.6) is 0 Å². The molecule has 0 unspecified atom stereocenters. The highest BCUT2D eigenvalue weighted by Crippen LogP contribution is 2.29. The van der Waals surface area contributed by atoms with Gasteiger partial charge in [0.1, 0.15) is 5.82 Å². The second-order valence-electron chi connectivity index (χ2n) is 2.00. The van der Waals surface area contributed by atoms with Crippen LogP contribution in [0.15, 0.2) is 16.6 Å². The predicted molar refractivity (Wildman–Crippen MR) is 49.3 cm³/mol. The zero-order chi connectivity index (χ0) is 9.30. The molecule has 0 aliphatic heterocycles. The first-order valence-electron chi connectivity index (χ1n) is 2.87. The number of rotatable bonds is 1. The molecule has 0 radical (unpaired) electrons. The lowest BCUT2D eigenvalue weighted by molar-refractivity contribution is 0.108. The zero-order valence-corrected chi connectivity index (χ0v) is 8.67. The average molecular weight is 272 g/mol. The Balaban J connectivity index is 3.36. The standard InChI is InChI=1S/C7H2BrCl2FO/c8-5-4(11)2-1-3(6(5)9)7(10)12/h1-2H. The minimum absolute atomic E-state index is 0.00463. The minimum atomic E-state index is -0.708. The first kappa shape index (κ1) is 9.96. The molecular formula is C7H2BrCl2FO. The lowest BCUT2D eigenvalue weighted by atomic mass is 10.2. The van der Waals surface area contributed by atoms with Crippen molar-refractivity contribution in [3.8, 4) is 0 Å². The third kappa shape index (κ3) is 1.79. The van der Waals surface area contributed by atoms with E-state index in [2.05, 4.69) is 15.9 Å². The quantitative estimate of drug-likeness (QED) is 0.563. The van der Waals surface area contributed by atoms with Crippen molar-refractivity contribution < 1.29 is 9.18 Å². The van der Waals surface area contributed by atoms with Crippen LogP contribution in [0.2, 0.25) is 5.02 Å². The summed E-state index contributed by atoms with van der Waals surface area (Å²) in [5, 5.41) is -0.712. The molecule has 1 nitrogen and oxygen atoms in total. The maximum absolute atomic E-state index is 12.7. The van der Waals surface area contributed by atoms with Crippen molar-refractivity contribution in [2.75, 3.05) is 0 Å². The van der Waals surface area contributed by atoms with E-state index < -0.39 is 11.1 Å². The molecule has 64 valence electrons. The molecule has 0 amide bonds. The highest BCUT2D eigenvalue weighted by Gasteiger charge is 2.13. The molecule has 0 saturated carbocycles. The molecule has 0 aliphatic rings. The fraction of sp³-hybridized carbons (Fsp3) is 0. The van der Waals surface area contributed by atoms with Gasteiger partial charge in [-0.15, -0.1) is 0 Å². The molecule has 1 aromatic rings. The van der Waals surface area contributed by atoms with Gasteiger partial charge in [-0.3, -0.25) is 4.79 Å². The SMILES string of the molecule is O=C(Cl)c1ccc(F)c(Br)c1Cl. The Morgan fingerprint density at radius 2 is 2.08 bits per heavy atom.